The zero-order chi connectivity index (χ0) is 17.0. The molecule has 0 fully saturated rings. The fourth-order valence-electron chi connectivity index (χ4n) is 1.88. The molecule has 0 unspecified atom stereocenters. The van der Waals surface area contributed by atoms with Crippen LogP contribution >= 0.6 is 15.9 Å². The van der Waals surface area contributed by atoms with Gasteiger partial charge in [0.2, 0.25) is 0 Å². The summed E-state index contributed by atoms with van der Waals surface area (Å²) in [6, 6.07) is 11.3. The van der Waals surface area contributed by atoms with E-state index in [1.54, 1.807) is 19.1 Å². The fourth-order valence-corrected chi connectivity index (χ4v) is 2.48. The summed E-state index contributed by atoms with van der Waals surface area (Å²) in [6.07, 6.45) is -0.801. The predicted octanol–water partition coefficient (Wildman–Crippen LogP) is 4.07. The van der Waals surface area contributed by atoms with Gasteiger partial charge in [-0.25, -0.2) is 0 Å². The zero-order valence-corrected chi connectivity index (χ0v) is 14.2. The number of halogens is 1. The highest BCUT2D eigenvalue weighted by Crippen LogP contribution is 2.24. The third-order valence-electron chi connectivity index (χ3n) is 3.09. The van der Waals surface area contributed by atoms with Crippen molar-refractivity contribution in [3.05, 3.63) is 62.6 Å². The average molecular weight is 379 g/mol. The van der Waals surface area contributed by atoms with E-state index in [1.807, 2.05) is 19.1 Å². The van der Waals surface area contributed by atoms with Gasteiger partial charge in [0.25, 0.3) is 11.6 Å². The van der Waals surface area contributed by atoms with Crippen LogP contribution in [0, 0.1) is 17.0 Å². The van der Waals surface area contributed by atoms with Crippen molar-refractivity contribution in [1.82, 2.24) is 0 Å². The van der Waals surface area contributed by atoms with Gasteiger partial charge >= 0.3 is 0 Å². The van der Waals surface area contributed by atoms with Crippen LogP contribution in [-0.2, 0) is 4.79 Å². The van der Waals surface area contributed by atoms with Crippen molar-refractivity contribution in [3.63, 3.8) is 0 Å². The molecule has 2 aromatic carbocycles. The van der Waals surface area contributed by atoms with Gasteiger partial charge in [-0.3, -0.25) is 14.9 Å². The number of hydrogen-bond donors (Lipinski definition) is 1. The van der Waals surface area contributed by atoms with Crippen molar-refractivity contribution in [3.8, 4) is 5.75 Å². The lowest BCUT2D eigenvalue weighted by molar-refractivity contribution is -0.384. The second-order valence-corrected chi connectivity index (χ2v) is 5.84. The number of amides is 1. The molecule has 2 aromatic rings. The van der Waals surface area contributed by atoms with Crippen LogP contribution in [0.2, 0.25) is 0 Å². The molecule has 1 amide bonds. The summed E-state index contributed by atoms with van der Waals surface area (Å²) >= 11 is 3.39. The number of hydrogen-bond acceptors (Lipinski definition) is 4. The second-order valence-electron chi connectivity index (χ2n) is 4.99. The number of nitrogens with zero attached hydrogens (tertiary/aromatic N) is 1. The number of non-ortho nitro benzene ring substituents is 1. The number of rotatable bonds is 5. The highest BCUT2D eigenvalue weighted by molar-refractivity contribution is 9.10. The molecule has 0 radical (unpaired) electrons. The molecular formula is C16H15BrN2O4. The van der Waals surface area contributed by atoms with Crippen LogP contribution < -0.4 is 10.1 Å². The van der Waals surface area contributed by atoms with E-state index < -0.39 is 11.0 Å². The molecule has 0 aliphatic heterocycles. The Morgan fingerprint density at radius 3 is 2.70 bits per heavy atom. The van der Waals surface area contributed by atoms with Crippen LogP contribution in [-0.4, -0.2) is 16.9 Å². The highest BCUT2D eigenvalue weighted by Gasteiger charge is 2.17. The Bertz CT molecular complexity index is 749. The number of ether oxygens (including phenoxy) is 1. The number of nitro benzene ring substituents is 1. The zero-order valence-electron chi connectivity index (χ0n) is 12.6. The summed E-state index contributed by atoms with van der Waals surface area (Å²) in [4.78, 5) is 22.4. The quantitative estimate of drug-likeness (QED) is 0.627. The van der Waals surface area contributed by atoms with Gasteiger partial charge in [0, 0.05) is 10.5 Å². The number of carbonyl (C=O) groups excluding carboxylic acids is 1. The second kappa shape index (κ2) is 7.23. The van der Waals surface area contributed by atoms with Gasteiger partial charge in [-0.15, -0.1) is 0 Å². The fraction of sp³-hybridized carbons (Fsp3) is 0.188. The lowest BCUT2D eigenvalue weighted by atomic mass is 10.2. The number of benzene rings is 2. The van der Waals surface area contributed by atoms with Gasteiger partial charge in [0.15, 0.2) is 6.10 Å². The molecule has 0 aliphatic carbocycles. The maximum atomic E-state index is 12.2. The molecule has 23 heavy (non-hydrogen) atoms. The number of carbonyl (C=O) groups is 1. The topological polar surface area (TPSA) is 81.5 Å². The molecule has 2 rings (SSSR count). The van der Waals surface area contributed by atoms with Crippen molar-refractivity contribution >= 4 is 33.2 Å². The number of anilines is 1. The molecule has 0 saturated heterocycles. The minimum atomic E-state index is -0.801. The van der Waals surface area contributed by atoms with Crippen LogP contribution in [0.3, 0.4) is 0 Å². The highest BCUT2D eigenvalue weighted by atomic mass is 79.9. The number of nitrogens with one attached hydrogen (secondary N) is 1. The predicted molar refractivity (Wildman–Crippen MR) is 90.7 cm³/mol. The van der Waals surface area contributed by atoms with E-state index in [4.69, 9.17) is 4.74 Å². The summed E-state index contributed by atoms with van der Waals surface area (Å²) in [6.45, 7) is 3.53. The Labute approximate surface area is 141 Å². The smallest absolute Gasteiger partial charge is 0.273 e. The van der Waals surface area contributed by atoms with Gasteiger partial charge in [0.05, 0.1) is 16.7 Å². The molecule has 0 aromatic heterocycles. The van der Waals surface area contributed by atoms with Gasteiger partial charge < -0.3 is 10.1 Å². The maximum absolute atomic E-state index is 12.2. The first-order valence-electron chi connectivity index (χ1n) is 6.85. The molecule has 6 nitrogen and oxygen atoms in total. The normalized spacial score (nSPS) is 11.6. The number of aryl methyl sites for hydroxylation is 1. The third-order valence-corrected chi connectivity index (χ3v) is 3.75. The van der Waals surface area contributed by atoms with Crippen molar-refractivity contribution in [1.29, 1.82) is 0 Å². The first kappa shape index (κ1) is 17.0. The van der Waals surface area contributed by atoms with Gasteiger partial charge in [0.1, 0.15) is 5.75 Å². The Balaban J connectivity index is 2.05. The molecule has 1 atom stereocenters. The SMILES string of the molecule is Cc1ccc(NC(=O)[C@@H](C)Oc2cccc([N+](=O)[O-])c2)c(Br)c1. The third kappa shape index (κ3) is 4.53. The van der Waals surface area contributed by atoms with E-state index in [0.717, 1.165) is 10.0 Å². The largest absolute Gasteiger partial charge is 0.481 e. The Morgan fingerprint density at radius 1 is 1.30 bits per heavy atom. The van der Waals surface area contributed by atoms with Gasteiger partial charge in [-0.2, -0.15) is 0 Å². The molecule has 0 spiro atoms. The Kier molecular flexibility index (Phi) is 5.33. The maximum Gasteiger partial charge on any atom is 0.273 e. The molecular weight excluding hydrogens is 364 g/mol. The van der Waals surface area contributed by atoms with Crippen LogP contribution in [0.15, 0.2) is 46.9 Å². The van der Waals surface area contributed by atoms with Gasteiger partial charge in [-0.05, 0) is 53.5 Å². The summed E-state index contributed by atoms with van der Waals surface area (Å²) in [5, 5.41) is 13.5. The molecule has 1 N–H and O–H groups in total. The summed E-state index contributed by atoms with van der Waals surface area (Å²) in [5.74, 6) is -0.0779. The molecule has 7 heteroatoms. The Morgan fingerprint density at radius 2 is 2.04 bits per heavy atom. The first-order valence-corrected chi connectivity index (χ1v) is 7.64. The lowest BCUT2D eigenvalue weighted by Crippen LogP contribution is -2.30. The molecule has 0 heterocycles. The van der Waals surface area contributed by atoms with Gasteiger partial charge in [-0.1, -0.05) is 12.1 Å². The van der Waals surface area contributed by atoms with E-state index in [0.29, 0.717) is 5.69 Å². The first-order chi connectivity index (χ1) is 10.9. The van der Waals surface area contributed by atoms with E-state index in [9.17, 15) is 14.9 Å². The Hall–Kier alpha value is -2.41. The van der Waals surface area contributed by atoms with E-state index in [1.165, 1.54) is 18.2 Å². The van der Waals surface area contributed by atoms with Crippen molar-refractivity contribution < 1.29 is 14.5 Å². The van der Waals surface area contributed by atoms with Crippen molar-refractivity contribution in [2.75, 3.05) is 5.32 Å². The van der Waals surface area contributed by atoms with E-state index in [-0.39, 0.29) is 17.3 Å². The minimum Gasteiger partial charge on any atom is -0.481 e. The van der Waals surface area contributed by atoms with Crippen molar-refractivity contribution in [2.45, 2.75) is 20.0 Å². The molecule has 0 saturated carbocycles. The van der Waals surface area contributed by atoms with Crippen LogP contribution in [0.25, 0.3) is 0 Å². The van der Waals surface area contributed by atoms with Crippen molar-refractivity contribution in [2.24, 2.45) is 0 Å². The summed E-state index contributed by atoms with van der Waals surface area (Å²) < 4.78 is 6.24. The molecule has 120 valence electrons. The average Bonchev–Trinajstić information content (AvgIpc) is 2.50. The minimum absolute atomic E-state index is 0.0867. The number of nitro groups is 1. The lowest BCUT2D eigenvalue weighted by Gasteiger charge is -2.15. The summed E-state index contributed by atoms with van der Waals surface area (Å²) in [5.41, 5.74) is 1.61. The van der Waals surface area contributed by atoms with E-state index >= 15 is 0 Å². The molecule has 0 bridgehead atoms. The summed E-state index contributed by atoms with van der Waals surface area (Å²) in [7, 11) is 0. The van der Waals surface area contributed by atoms with Crippen LogP contribution in [0.1, 0.15) is 12.5 Å². The molecule has 0 aliphatic rings. The monoisotopic (exact) mass is 378 g/mol. The van der Waals surface area contributed by atoms with Crippen LogP contribution in [0.4, 0.5) is 11.4 Å². The van der Waals surface area contributed by atoms with Crippen LogP contribution in [0.5, 0.6) is 5.75 Å². The standard InChI is InChI=1S/C16H15BrN2O4/c1-10-6-7-15(14(17)8-10)18-16(20)11(2)23-13-5-3-4-12(9-13)19(21)22/h3-9,11H,1-2H3,(H,18,20)/t11-/m1/s1. The van der Waals surface area contributed by atoms with E-state index in [2.05, 4.69) is 21.2 Å².